The van der Waals surface area contributed by atoms with Gasteiger partial charge < -0.3 is 0 Å². The van der Waals surface area contributed by atoms with Crippen LogP contribution in [0.1, 0.15) is 24.8 Å². The monoisotopic (exact) mass is 166 g/mol. The Balaban J connectivity index is 2.21. The summed E-state index contributed by atoms with van der Waals surface area (Å²) in [5.41, 5.74) is 1.45. The summed E-state index contributed by atoms with van der Waals surface area (Å²) in [6.45, 7) is 2.29. The number of halogens is 1. The second kappa shape index (κ2) is 2.53. The smallest absolute Gasteiger partial charge is 0.0406 e. The molecule has 0 nitrogen and oxygen atoms in total. The average Bonchev–Trinajstić information content (AvgIpc) is 2.69. The van der Waals surface area contributed by atoms with Gasteiger partial charge in [-0.1, -0.05) is 30.7 Å². The Morgan fingerprint density at radius 3 is 2.27 bits per heavy atom. The fourth-order valence-corrected chi connectivity index (χ4v) is 1.62. The molecule has 0 aromatic heterocycles. The predicted octanol–water partition coefficient (Wildman–Crippen LogP) is 3.46. The van der Waals surface area contributed by atoms with Gasteiger partial charge in [-0.15, -0.1) is 0 Å². The van der Waals surface area contributed by atoms with Crippen molar-refractivity contribution in [1.82, 2.24) is 0 Å². The van der Waals surface area contributed by atoms with Crippen LogP contribution in [-0.2, 0) is 0 Å². The summed E-state index contributed by atoms with van der Waals surface area (Å²) in [5.74, 6) is 1.70. The van der Waals surface area contributed by atoms with Crippen molar-refractivity contribution in [2.75, 3.05) is 0 Å². The van der Waals surface area contributed by atoms with Gasteiger partial charge in [0.25, 0.3) is 0 Å². The van der Waals surface area contributed by atoms with E-state index in [-0.39, 0.29) is 0 Å². The number of benzene rings is 1. The van der Waals surface area contributed by atoms with Gasteiger partial charge in [-0.2, -0.15) is 0 Å². The molecule has 0 N–H and O–H groups in total. The van der Waals surface area contributed by atoms with Crippen molar-refractivity contribution in [3.63, 3.8) is 0 Å². The van der Waals surface area contributed by atoms with Gasteiger partial charge in [-0.05, 0) is 36.0 Å². The van der Waals surface area contributed by atoms with Crippen molar-refractivity contribution in [1.29, 1.82) is 0 Å². The Hall–Kier alpha value is -0.490. The maximum atomic E-state index is 5.77. The van der Waals surface area contributed by atoms with E-state index < -0.39 is 0 Å². The molecule has 0 saturated heterocycles. The van der Waals surface area contributed by atoms with Crippen molar-refractivity contribution < 1.29 is 0 Å². The lowest BCUT2D eigenvalue weighted by Gasteiger charge is -1.96. The summed E-state index contributed by atoms with van der Waals surface area (Å²) in [6, 6.07) is 8.22. The molecule has 0 bridgehead atoms. The summed E-state index contributed by atoms with van der Waals surface area (Å²) in [5, 5.41) is 0.835. The summed E-state index contributed by atoms with van der Waals surface area (Å²) in [6.07, 6.45) is 1.35. The van der Waals surface area contributed by atoms with Crippen LogP contribution in [0.2, 0.25) is 5.02 Å². The van der Waals surface area contributed by atoms with Crippen LogP contribution in [0.25, 0.3) is 0 Å². The number of hydrogen-bond acceptors (Lipinski definition) is 0. The quantitative estimate of drug-likeness (QED) is 0.600. The van der Waals surface area contributed by atoms with E-state index in [4.69, 9.17) is 11.6 Å². The first-order chi connectivity index (χ1) is 5.27. The summed E-state index contributed by atoms with van der Waals surface area (Å²) >= 11 is 5.77. The molecule has 0 heterocycles. The second-order valence-corrected chi connectivity index (χ2v) is 3.81. The van der Waals surface area contributed by atoms with E-state index in [1.165, 1.54) is 12.0 Å². The fraction of sp³-hybridized carbons (Fsp3) is 0.400. The molecule has 11 heavy (non-hydrogen) atoms. The minimum absolute atomic E-state index is 0.812. The Labute approximate surface area is 72.2 Å². The highest BCUT2D eigenvalue weighted by Crippen LogP contribution is 2.46. The van der Waals surface area contributed by atoms with E-state index in [0.717, 1.165) is 16.9 Å². The molecule has 1 aliphatic rings. The standard InChI is InChI=1S/C10H11Cl/c1-7-6-10(7)8-2-4-9(11)5-3-8/h2-5,7,10H,6H2,1H3/t7-,10+/m1/s1. The van der Waals surface area contributed by atoms with Crippen molar-refractivity contribution in [3.05, 3.63) is 34.9 Å². The summed E-state index contributed by atoms with van der Waals surface area (Å²) in [7, 11) is 0. The van der Waals surface area contributed by atoms with Crippen molar-refractivity contribution in [3.8, 4) is 0 Å². The van der Waals surface area contributed by atoms with Crippen LogP contribution >= 0.6 is 11.6 Å². The summed E-state index contributed by atoms with van der Waals surface area (Å²) in [4.78, 5) is 0. The minimum atomic E-state index is 0.812. The predicted molar refractivity (Wildman–Crippen MR) is 48.0 cm³/mol. The largest absolute Gasteiger partial charge is 0.0843 e. The third kappa shape index (κ3) is 1.41. The van der Waals surface area contributed by atoms with Crippen LogP contribution in [0.4, 0.5) is 0 Å². The minimum Gasteiger partial charge on any atom is -0.0843 e. The molecule has 0 aliphatic heterocycles. The van der Waals surface area contributed by atoms with E-state index in [1.807, 2.05) is 12.1 Å². The lowest BCUT2D eigenvalue weighted by molar-refractivity contribution is 0.915. The van der Waals surface area contributed by atoms with Crippen LogP contribution in [0.5, 0.6) is 0 Å². The maximum absolute atomic E-state index is 5.77. The molecular formula is C10H11Cl. The lowest BCUT2D eigenvalue weighted by Crippen LogP contribution is -1.78. The van der Waals surface area contributed by atoms with Gasteiger partial charge in [0.1, 0.15) is 0 Å². The normalized spacial score (nSPS) is 28.5. The van der Waals surface area contributed by atoms with Crippen LogP contribution in [0.3, 0.4) is 0 Å². The van der Waals surface area contributed by atoms with Crippen molar-refractivity contribution in [2.24, 2.45) is 5.92 Å². The number of hydrogen-bond donors (Lipinski definition) is 0. The Bertz CT molecular complexity index is 250. The first-order valence-corrected chi connectivity index (χ1v) is 4.40. The molecule has 0 amide bonds. The van der Waals surface area contributed by atoms with Gasteiger partial charge in [0.2, 0.25) is 0 Å². The Morgan fingerprint density at radius 2 is 1.82 bits per heavy atom. The van der Waals surface area contributed by atoms with Gasteiger partial charge in [0.15, 0.2) is 0 Å². The molecule has 1 saturated carbocycles. The first kappa shape index (κ1) is 7.17. The zero-order chi connectivity index (χ0) is 7.84. The fourth-order valence-electron chi connectivity index (χ4n) is 1.50. The molecule has 1 heteroatoms. The van der Waals surface area contributed by atoms with E-state index >= 15 is 0 Å². The molecule has 0 unspecified atom stereocenters. The van der Waals surface area contributed by atoms with Crippen LogP contribution < -0.4 is 0 Å². The molecular weight excluding hydrogens is 156 g/mol. The van der Waals surface area contributed by atoms with Gasteiger partial charge in [-0.25, -0.2) is 0 Å². The van der Waals surface area contributed by atoms with Gasteiger partial charge in [0.05, 0.1) is 0 Å². The maximum Gasteiger partial charge on any atom is 0.0406 e. The molecule has 1 aromatic rings. The average molecular weight is 167 g/mol. The third-order valence-corrected chi connectivity index (χ3v) is 2.66. The molecule has 0 spiro atoms. The van der Waals surface area contributed by atoms with Gasteiger partial charge >= 0.3 is 0 Å². The van der Waals surface area contributed by atoms with E-state index in [2.05, 4.69) is 19.1 Å². The highest BCUT2D eigenvalue weighted by atomic mass is 35.5. The van der Waals surface area contributed by atoms with Gasteiger partial charge in [0, 0.05) is 5.02 Å². The van der Waals surface area contributed by atoms with E-state index in [9.17, 15) is 0 Å². The van der Waals surface area contributed by atoms with Crippen LogP contribution in [0.15, 0.2) is 24.3 Å². The zero-order valence-corrected chi connectivity index (χ0v) is 7.31. The van der Waals surface area contributed by atoms with Crippen LogP contribution in [-0.4, -0.2) is 0 Å². The second-order valence-electron chi connectivity index (χ2n) is 3.37. The first-order valence-electron chi connectivity index (χ1n) is 4.03. The molecule has 2 rings (SSSR count). The zero-order valence-electron chi connectivity index (χ0n) is 6.55. The highest BCUT2D eigenvalue weighted by molar-refractivity contribution is 6.30. The van der Waals surface area contributed by atoms with Crippen molar-refractivity contribution >= 4 is 11.6 Å². The molecule has 2 atom stereocenters. The molecule has 0 radical (unpaired) electrons. The molecule has 1 fully saturated rings. The summed E-state index contributed by atoms with van der Waals surface area (Å²) < 4.78 is 0. The topological polar surface area (TPSA) is 0 Å². The van der Waals surface area contributed by atoms with Crippen LogP contribution in [0, 0.1) is 5.92 Å². The van der Waals surface area contributed by atoms with E-state index in [0.29, 0.717) is 0 Å². The molecule has 1 aromatic carbocycles. The Kier molecular flexibility index (Phi) is 1.65. The lowest BCUT2D eigenvalue weighted by atomic mass is 10.1. The Morgan fingerprint density at radius 1 is 1.27 bits per heavy atom. The van der Waals surface area contributed by atoms with Gasteiger partial charge in [-0.3, -0.25) is 0 Å². The SMILES string of the molecule is C[C@@H]1C[C@@H]1c1ccc(Cl)cc1. The third-order valence-electron chi connectivity index (χ3n) is 2.41. The number of rotatable bonds is 1. The molecule has 58 valence electrons. The van der Waals surface area contributed by atoms with Crippen molar-refractivity contribution in [2.45, 2.75) is 19.3 Å². The molecule has 1 aliphatic carbocycles. The van der Waals surface area contributed by atoms with E-state index in [1.54, 1.807) is 0 Å². The highest BCUT2D eigenvalue weighted by Gasteiger charge is 2.33.